The molecule has 0 saturated heterocycles. The molecule has 174 valence electrons. The first-order valence-corrected chi connectivity index (χ1v) is 11.8. The second kappa shape index (κ2) is 9.88. The van der Waals surface area contributed by atoms with Gasteiger partial charge < -0.3 is 10.2 Å². The molecule has 1 aliphatic rings. The van der Waals surface area contributed by atoms with Gasteiger partial charge in [-0.3, -0.25) is 9.59 Å². The van der Waals surface area contributed by atoms with E-state index in [1.54, 1.807) is 9.58 Å². The molecule has 0 spiro atoms. The Kier molecular flexibility index (Phi) is 7.42. The fraction of sp³-hybridized carbons (Fsp3) is 0.577. The van der Waals surface area contributed by atoms with E-state index in [0.717, 1.165) is 42.6 Å². The van der Waals surface area contributed by atoms with Crippen LogP contribution >= 0.6 is 0 Å². The fourth-order valence-corrected chi connectivity index (χ4v) is 4.18. The van der Waals surface area contributed by atoms with Crippen LogP contribution in [0.5, 0.6) is 0 Å². The summed E-state index contributed by atoms with van der Waals surface area (Å²) in [4.78, 5) is 27.9. The zero-order chi connectivity index (χ0) is 23.5. The third-order valence-electron chi connectivity index (χ3n) is 5.96. The number of nitrogens with zero attached hydrogens (tertiary/aromatic N) is 3. The maximum Gasteiger partial charge on any atom is 0.245 e. The van der Waals surface area contributed by atoms with Gasteiger partial charge >= 0.3 is 0 Å². The summed E-state index contributed by atoms with van der Waals surface area (Å²) in [5.74, 6) is 0.923. The molecule has 6 heteroatoms. The van der Waals surface area contributed by atoms with Crippen LogP contribution in [0.4, 0.5) is 5.82 Å². The molecular weight excluding hydrogens is 400 g/mol. The third-order valence-corrected chi connectivity index (χ3v) is 5.96. The molecule has 1 aromatic carbocycles. The SMILES string of the molecule is Cc1ccc(-n2nc(C(C)(C)C)cc2NC(=O)CN(CC(C)C)C(=O)C2CCCC2)cc1. The maximum atomic E-state index is 13.1. The summed E-state index contributed by atoms with van der Waals surface area (Å²) in [5.41, 5.74) is 2.80. The van der Waals surface area contributed by atoms with Crippen molar-refractivity contribution in [1.29, 1.82) is 0 Å². The van der Waals surface area contributed by atoms with Crippen LogP contribution in [0.1, 0.15) is 71.6 Å². The predicted octanol–water partition coefficient (Wildman–Crippen LogP) is 5.09. The summed E-state index contributed by atoms with van der Waals surface area (Å²) < 4.78 is 1.78. The van der Waals surface area contributed by atoms with Gasteiger partial charge in [-0.2, -0.15) is 5.10 Å². The quantitative estimate of drug-likeness (QED) is 0.655. The van der Waals surface area contributed by atoms with Crippen LogP contribution in [-0.4, -0.2) is 39.6 Å². The molecule has 3 rings (SSSR count). The average molecular weight is 439 g/mol. The lowest BCUT2D eigenvalue weighted by Gasteiger charge is -2.26. The molecule has 32 heavy (non-hydrogen) atoms. The van der Waals surface area contributed by atoms with Gasteiger partial charge in [0.25, 0.3) is 0 Å². The molecule has 0 bridgehead atoms. The summed E-state index contributed by atoms with van der Waals surface area (Å²) in [5, 5.41) is 7.81. The third kappa shape index (κ3) is 5.99. The van der Waals surface area contributed by atoms with E-state index in [2.05, 4.69) is 39.9 Å². The minimum absolute atomic E-state index is 0.0622. The Hall–Kier alpha value is -2.63. The lowest BCUT2D eigenvalue weighted by atomic mass is 9.92. The van der Waals surface area contributed by atoms with Crippen molar-refractivity contribution in [3.63, 3.8) is 0 Å². The van der Waals surface area contributed by atoms with Gasteiger partial charge in [-0.05, 0) is 37.8 Å². The van der Waals surface area contributed by atoms with Crippen LogP contribution in [0.3, 0.4) is 0 Å². The Morgan fingerprint density at radius 3 is 2.34 bits per heavy atom. The molecule has 1 N–H and O–H groups in total. The summed E-state index contributed by atoms with van der Waals surface area (Å²) >= 11 is 0. The van der Waals surface area contributed by atoms with Crippen molar-refractivity contribution in [1.82, 2.24) is 14.7 Å². The standard InChI is InChI=1S/C26H38N4O2/c1-18(2)16-29(25(32)20-9-7-8-10-20)17-24(31)27-23-15-22(26(4,5)6)28-30(23)21-13-11-19(3)12-14-21/h11-15,18,20H,7-10,16-17H2,1-6H3,(H,27,31). The second-order valence-corrected chi connectivity index (χ2v) is 10.6. The van der Waals surface area contributed by atoms with E-state index in [4.69, 9.17) is 5.10 Å². The number of amides is 2. The summed E-state index contributed by atoms with van der Waals surface area (Å²) in [7, 11) is 0. The van der Waals surface area contributed by atoms with E-state index in [1.807, 2.05) is 37.3 Å². The van der Waals surface area contributed by atoms with Crippen LogP contribution < -0.4 is 5.32 Å². The van der Waals surface area contributed by atoms with Crippen molar-refractivity contribution in [2.45, 2.75) is 72.6 Å². The molecule has 0 aliphatic heterocycles. The molecular formula is C26H38N4O2. The van der Waals surface area contributed by atoms with Gasteiger partial charge in [0.05, 0.1) is 17.9 Å². The first kappa shape index (κ1) is 24.0. The van der Waals surface area contributed by atoms with E-state index in [1.165, 1.54) is 0 Å². The number of carbonyl (C=O) groups excluding carboxylic acids is 2. The molecule has 0 unspecified atom stereocenters. The first-order chi connectivity index (χ1) is 15.0. The van der Waals surface area contributed by atoms with E-state index in [9.17, 15) is 9.59 Å². The number of hydrogen-bond acceptors (Lipinski definition) is 3. The number of rotatable bonds is 7. The van der Waals surface area contributed by atoms with Crippen molar-refractivity contribution >= 4 is 17.6 Å². The smallest absolute Gasteiger partial charge is 0.245 e. The van der Waals surface area contributed by atoms with E-state index < -0.39 is 0 Å². The maximum absolute atomic E-state index is 13.1. The molecule has 1 aromatic heterocycles. The van der Waals surface area contributed by atoms with E-state index in [0.29, 0.717) is 18.3 Å². The number of anilines is 1. The van der Waals surface area contributed by atoms with Gasteiger partial charge in [-0.1, -0.05) is 65.2 Å². The van der Waals surface area contributed by atoms with Crippen LogP contribution in [0.15, 0.2) is 30.3 Å². The number of carbonyl (C=O) groups is 2. The Morgan fingerprint density at radius 1 is 1.16 bits per heavy atom. The highest BCUT2D eigenvalue weighted by Gasteiger charge is 2.29. The molecule has 1 heterocycles. The van der Waals surface area contributed by atoms with Crippen molar-refractivity contribution in [3.05, 3.63) is 41.6 Å². The zero-order valence-electron chi connectivity index (χ0n) is 20.4. The summed E-state index contributed by atoms with van der Waals surface area (Å²) in [6.45, 7) is 13.2. The largest absolute Gasteiger partial charge is 0.333 e. The summed E-state index contributed by atoms with van der Waals surface area (Å²) in [6, 6.07) is 10.00. The number of aromatic nitrogens is 2. The van der Waals surface area contributed by atoms with Crippen molar-refractivity contribution in [2.75, 3.05) is 18.4 Å². The lowest BCUT2D eigenvalue weighted by molar-refractivity contribution is -0.138. The van der Waals surface area contributed by atoms with Crippen molar-refractivity contribution < 1.29 is 9.59 Å². The summed E-state index contributed by atoms with van der Waals surface area (Å²) in [6.07, 6.45) is 4.07. The minimum Gasteiger partial charge on any atom is -0.333 e. The van der Waals surface area contributed by atoms with Crippen LogP contribution in [0.2, 0.25) is 0 Å². The van der Waals surface area contributed by atoms with Crippen molar-refractivity contribution in [2.24, 2.45) is 11.8 Å². The molecule has 0 atom stereocenters. The topological polar surface area (TPSA) is 67.2 Å². The number of benzene rings is 1. The Bertz CT molecular complexity index is 932. The van der Waals surface area contributed by atoms with Gasteiger partial charge in [0.15, 0.2) is 0 Å². The number of aryl methyl sites for hydroxylation is 1. The molecule has 1 fully saturated rings. The molecule has 1 saturated carbocycles. The van der Waals surface area contributed by atoms with Gasteiger partial charge in [-0.25, -0.2) is 4.68 Å². The monoisotopic (exact) mass is 438 g/mol. The normalized spacial score (nSPS) is 14.7. The van der Waals surface area contributed by atoms with Gasteiger partial charge in [0.2, 0.25) is 11.8 Å². The van der Waals surface area contributed by atoms with Gasteiger partial charge in [0.1, 0.15) is 5.82 Å². The highest BCUT2D eigenvalue weighted by Crippen LogP contribution is 2.28. The molecule has 1 aliphatic carbocycles. The Morgan fingerprint density at radius 2 is 1.78 bits per heavy atom. The Balaban J connectivity index is 1.82. The van der Waals surface area contributed by atoms with Crippen LogP contribution in [0.25, 0.3) is 5.69 Å². The first-order valence-electron chi connectivity index (χ1n) is 11.8. The average Bonchev–Trinajstić information content (AvgIpc) is 3.37. The second-order valence-electron chi connectivity index (χ2n) is 10.6. The van der Waals surface area contributed by atoms with Gasteiger partial charge in [0, 0.05) is 23.9 Å². The van der Waals surface area contributed by atoms with Gasteiger partial charge in [-0.15, -0.1) is 0 Å². The Labute approximate surface area is 192 Å². The zero-order valence-corrected chi connectivity index (χ0v) is 20.4. The number of hydrogen-bond donors (Lipinski definition) is 1. The fourth-order valence-electron chi connectivity index (χ4n) is 4.18. The van der Waals surface area contributed by atoms with Crippen LogP contribution in [0, 0.1) is 18.8 Å². The van der Waals surface area contributed by atoms with E-state index in [-0.39, 0.29) is 29.7 Å². The van der Waals surface area contributed by atoms with Crippen LogP contribution in [-0.2, 0) is 15.0 Å². The number of nitrogens with one attached hydrogen (secondary N) is 1. The molecule has 2 amide bonds. The lowest BCUT2D eigenvalue weighted by Crippen LogP contribution is -2.42. The van der Waals surface area contributed by atoms with Crippen molar-refractivity contribution in [3.8, 4) is 5.69 Å². The highest BCUT2D eigenvalue weighted by atomic mass is 16.2. The predicted molar refractivity (Wildman–Crippen MR) is 129 cm³/mol. The molecule has 6 nitrogen and oxygen atoms in total. The minimum atomic E-state index is -0.189. The van der Waals surface area contributed by atoms with E-state index >= 15 is 0 Å². The molecule has 2 aromatic rings. The molecule has 0 radical (unpaired) electrons. The highest BCUT2D eigenvalue weighted by molar-refractivity contribution is 5.94.